The Morgan fingerprint density at radius 1 is 0.809 bits per heavy atom. The number of carbonyl (C=O) groups is 2. The van der Waals surface area contributed by atoms with E-state index in [4.69, 9.17) is 32.7 Å². The number of benzene rings is 4. The molecule has 5 nitrogen and oxygen atoms in total. The lowest BCUT2D eigenvalue weighted by molar-refractivity contribution is -0.138. The standard InChI is InChI=1S/C40H45Cl2NO4/c1-7-37(43(6)26-36(29-13-19-33(41)20-14-29)30-15-21-34(42)22-16-30)31-17-23-35(24-18-31)46-38(44)27(2)11-12-28-9-8-10-32(25-28)39(45)47-40(3,4)5/h8-10,13-25,27,36-37H,7,11-12,26H2,1-6H3. The van der Waals surface area contributed by atoms with Crippen molar-refractivity contribution < 1.29 is 19.1 Å². The van der Waals surface area contributed by atoms with E-state index < -0.39 is 5.60 Å². The molecule has 4 rings (SSSR count). The molecule has 2 unspecified atom stereocenters. The van der Waals surface area contributed by atoms with Crippen LogP contribution in [-0.2, 0) is 16.0 Å². The topological polar surface area (TPSA) is 55.8 Å². The second-order valence-corrected chi connectivity index (χ2v) is 14.0. The minimum atomic E-state index is -0.560. The van der Waals surface area contributed by atoms with Crippen LogP contribution in [0.15, 0.2) is 97.1 Å². The molecule has 0 aliphatic rings. The molecule has 0 heterocycles. The van der Waals surface area contributed by atoms with Crippen LogP contribution in [-0.4, -0.2) is 36.0 Å². The van der Waals surface area contributed by atoms with Gasteiger partial charge in [0.05, 0.1) is 11.5 Å². The highest BCUT2D eigenvalue weighted by Gasteiger charge is 2.23. The van der Waals surface area contributed by atoms with Gasteiger partial charge in [0.25, 0.3) is 0 Å². The van der Waals surface area contributed by atoms with Gasteiger partial charge in [-0.2, -0.15) is 0 Å². The summed E-state index contributed by atoms with van der Waals surface area (Å²) in [5, 5.41) is 1.42. The van der Waals surface area contributed by atoms with E-state index in [0.717, 1.165) is 24.1 Å². The molecule has 0 aliphatic carbocycles. The fourth-order valence-corrected chi connectivity index (χ4v) is 5.93. The maximum Gasteiger partial charge on any atom is 0.338 e. The van der Waals surface area contributed by atoms with Gasteiger partial charge in [-0.25, -0.2) is 4.79 Å². The average Bonchev–Trinajstić information content (AvgIpc) is 3.04. The van der Waals surface area contributed by atoms with Crippen molar-refractivity contribution in [1.29, 1.82) is 0 Å². The second kappa shape index (κ2) is 16.5. The molecule has 0 aromatic heterocycles. The van der Waals surface area contributed by atoms with Gasteiger partial charge in [0.15, 0.2) is 0 Å². The van der Waals surface area contributed by atoms with Gasteiger partial charge in [-0.3, -0.25) is 9.69 Å². The molecular weight excluding hydrogens is 629 g/mol. The summed E-state index contributed by atoms with van der Waals surface area (Å²) in [5.41, 5.74) is 4.45. The van der Waals surface area contributed by atoms with Crippen LogP contribution in [0.4, 0.5) is 0 Å². The summed E-state index contributed by atoms with van der Waals surface area (Å²) in [6, 6.07) is 31.4. The van der Waals surface area contributed by atoms with Crippen LogP contribution in [0.1, 0.15) is 92.0 Å². The summed E-state index contributed by atoms with van der Waals surface area (Å²) < 4.78 is 11.3. The van der Waals surface area contributed by atoms with Crippen LogP contribution in [0.5, 0.6) is 5.75 Å². The van der Waals surface area contributed by atoms with E-state index in [1.807, 2.05) is 94.4 Å². The first-order valence-corrected chi connectivity index (χ1v) is 16.9. The quantitative estimate of drug-likeness (QED) is 0.104. The molecule has 0 fully saturated rings. The molecule has 0 aliphatic heterocycles. The number of hydrogen-bond donors (Lipinski definition) is 0. The number of rotatable bonds is 13. The van der Waals surface area contributed by atoms with Crippen LogP contribution in [0.25, 0.3) is 0 Å². The van der Waals surface area contributed by atoms with E-state index in [1.54, 1.807) is 6.07 Å². The zero-order valence-electron chi connectivity index (χ0n) is 28.1. The molecule has 0 amide bonds. The summed E-state index contributed by atoms with van der Waals surface area (Å²) in [6.07, 6.45) is 2.15. The Morgan fingerprint density at radius 2 is 1.36 bits per heavy atom. The average molecular weight is 675 g/mol. The molecule has 0 bridgehead atoms. The van der Waals surface area contributed by atoms with E-state index in [2.05, 4.69) is 43.1 Å². The number of ether oxygens (including phenoxy) is 2. The van der Waals surface area contributed by atoms with Gasteiger partial charge in [-0.05, 0) is 118 Å². The Kier molecular flexibility index (Phi) is 12.7. The number of nitrogens with zero attached hydrogens (tertiary/aromatic N) is 1. The molecule has 0 saturated carbocycles. The van der Waals surface area contributed by atoms with E-state index in [-0.39, 0.29) is 29.8 Å². The monoisotopic (exact) mass is 673 g/mol. The molecule has 248 valence electrons. The predicted octanol–water partition coefficient (Wildman–Crippen LogP) is 10.3. The minimum Gasteiger partial charge on any atom is -0.456 e. The van der Waals surface area contributed by atoms with Gasteiger partial charge in [-0.1, -0.05) is 85.6 Å². The molecule has 4 aromatic carbocycles. The number of halogens is 2. The maximum absolute atomic E-state index is 13.0. The fraction of sp³-hybridized carbons (Fsp3) is 0.350. The van der Waals surface area contributed by atoms with Crippen molar-refractivity contribution in [3.8, 4) is 5.75 Å². The van der Waals surface area contributed by atoms with Crippen molar-refractivity contribution in [3.63, 3.8) is 0 Å². The molecule has 2 atom stereocenters. The smallest absolute Gasteiger partial charge is 0.338 e. The van der Waals surface area contributed by atoms with Gasteiger partial charge < -0.3 is 9.47 Å². The van der Waals surface area contributed by atoms with Crippen molar-refractivity contribution in [2.45, 2.75) is 71.4 Å². The third-order valence-electron chi connectivity index (χ3n) is 8.25. The number of aryl methyl sites for hydroxylation is 1. The molecule has 0 saturated heterocycles. The number of carbonyl (C=O) groups excluding carboxylic acids is 2. The summed E-state index contributed by atoms with van der Waals surface area (Å²) >= 11 is 12.4. The highest BCUT2D eigenvalue weighted by atomic mass is 35.5. The van der Waals surface area contributed by atoms with Crippen LogP contribution < -0.4 is 4.74 Å². The van der Waals surface area contributed by atoms with E-state index in [1.165, 1.54) is 11.1 Å². The Bertz CT molecular complexity index is 1570. The fourth-order valence-electron chi connectivity index (χ4n) is 5.68. The number of esters is 2. The van der Waals surface area contributed by atoms with Crippen molar-refractivity contribution in [2.24, 2.45) is 5.92 Å². The van der Waals surface area contributed by atoms with Crippen LogP contribution in [0.3, 0.4) is 0 Å². The van der Waals surface area contributed by atoms with Gasteiger partial charge in [0, 0.05) is 28.5 Å². The summed E-state index contributed by atoms with van der Waals surface area (Å²) in [6.45, 7) is 10.4. The lowest BCUT2D eigenvalue weighted by Crippen LogP contribution is -2.29. The lowest BCUT2D eigenvalue weighted by atomic mass is 9.90. The van der Waals surface area contributed by atoms with Crippen molar-refractivity contribution >= 4 is 35.1 Å². The summed E-state index contributed by atoms with van der Waals surface area (Å²) in [7, 11) is 2.14. The molecule has 47 heavy (non-hydrogen) atoms. The molecular formula is C40H45Cl2NO4. The largest absolute Gasteiger partial charge is 0.456 e. The van der Waals surface area contributed by atoms with E-state index in [0.29, 0.717) is 34.2 Å². The van der Waals surface area contributed by atoms with Crippen molar-refractivity contribution in [2.75, 3.05) is 13.6 Å². The van der Waals surface area contributed by atoms with Crippen LogP contribution in [0.2, 0.25) is 10.0 Å². The van der Waals surface area contributed by atoms with Gasteiger partial charge in [-0.15, -0.1) is 0 Å². The zero-order chi connectivity index (χ0) is 34.1. The normalized spacial score (nSPS) is 13.0. The van der Waals surface area contributed by atoms with Gasteiger partial charge in [0.1, 0.15) is 11.4 Å². The first-order chi connectivity index (χ1) is 22.3. The second-order valence-electron chi connectivity index (χ2n) is 13.2. The Balaban J connectivity index is 1.37. The van der Waals surface area contributed by atoms with Gasteiger partial charge >= 0.3 is 11.9 Å². The highest BCUT2D eigenvalue weighted by Crippen LogP contribution is 2.32. The lowest BCUT2D eigenvalue weighted by Gasteiger charge is -2.32. The Labute approximate surface area is 289 Å². The van der Waals surface area contributed by atoms with Crippen molar-refractivity contribution in [3.05, 3.63) is 135 Å². The zero-order valence-corrected chi connectivity index (χ0v) is 29.6. The Hall–Kier alpha value is -3.64. The molecule has 4 aromatic rings. The van der Waals surface area contributed by atoms with Crippen molar-refractivity contribution in [1.82, 2.24) is 4.90 Å². The van der Waals surface area contributed by atoms with E-state index >= 15 is 0 Å². The number of hydrogen-bond acceptors (Lipinski definition) is 5. The third kappa shape index (κ3) is 10.7. The highest BCUT2D eigenvalue weighted by molar-refractivity contribution is 6.30. The minimum absolute atomic E-state index is 0.130. The van der Waals surface area contributed by atoms with Gasteiger partial charge in [0.2, 0.25) is 0 Å². The predicted molar refractivity (Wildman–Crippen MR) is 192 cm³/mol. The summed E-state index contributed by atoms with van der Waals surface area (Å²) in [4.78, 5) is 27.8. The first kappa shape index (κ1) is 36.2. The summed E-state index contributed by atoms with van der Waals surface area (Å²) in [5.74, 6) is -0.291. The third-order valence-corrected chi connectivity index (χ3v) is 8.75. The molecule has 0 spiro atoms. The molecule has 7 heteroatoms. The molecule has 0 N–H and O–H groups in total. The maximum atomic E-state index is 13.0. The van der Waals surface area contributed by atoms with E-state index in [9.17, 15) is 9.59 Å². The Morgan fingerprint density at radius 3 is 1.89 bits per heavy atom. The number of likely N-dealkylation sites (N-methyl/N-ethyl adjacent to an activating group) is 1. The SMILES string of the molecule is CCC(c1ccc(OC(=O)C(C)CCc2cccc(C(=O)OC(C)(C)C)c2)cc1)N(C)CC(c1ccc(Cl)cc1)c1ccc(Cl)cc1. The molecule has 0 radical (unpaired) electrons. The van der Waals surface area contributed by atoms with Crippen LogP contribution in [0, 0.1) is 5.92 Å². The van der Waals surface area contributed by atoms with Crippen LogP contribution >= 0.6 is 23.2 Å². The first-order valence-electron chi connectivity index (χ1n) is 16.2.